The second-order valence-electron chi connectivity index (χ2n) is 3.13. The summed E-state index contributed by atoms with van der Waals surface area (Å²) in [4.78, 5) is 35.8. The molecule has 0 radical (unpaired) electrons. The first kappa shape index (κ1) is 13.5. The van der Waals surface area contributed by atoms with E-state index in [1.54, 1.807) is 0 Å². The van der Waals surface area contributed by atoms with E-state index in [1.807, 2.05) is 6.92 Å². The van der Waals surface area contributed by atoms with Gasteiger partial charge in [0.05, 0.1) is 12.1 Å². The van der Waals surface area contributed by atoms with Crippen molar-refractivity contribution >= 4 is 23.8 Å². The number of nitrogens with zero attached hydrogens (tertiary/aromatic N) is 1. The lowest BCUT2D eigenvalue weighted by Crippen LogP contribution is -2.21. The summed E-state index contributed by atoms with van der Waals surface area (Å²) >= 11 is 0. The summed E-state index contributed by atoms with van der Waals surface area (Å²) in [5.74, 6) is -1.47. The average molecular weight is 213 g/mol. The number of Topliss-reactive ketones (excluding diaryl/α,β-unsaturated/α-hetero) is 1. The largest absolute Gasteiger partial charge is 0.480 e. The zero-order valence-corrected chi connectivity index (χ0v) is 8.90. The Balaban J connectivity index is 4.70. The van der Waals surface area contributed by atoms with Gasteiger partial charge in [-0.15, -0.1) is 0 Å². The Bertz CT molecular complexity index is 283. The Labute approximate surface area is 88.2 Å². The van der Waals surface area contributed by atoms with Crippen molar-refractivity contribution < 1.29 is 19.5 Å². The van der Waals surface area contributed by atoms with Crippen molar-refractivity contribution in [1.29, 1.82) is 0 Å². The van der Waals surface area contributed by atoms with E-state index in [-0.39, 0.29) is 17.9 Å². The minimum Gasteiger partial charge on any atom is -0.480 e. The van der Waals surface area contributed by atoms with Crippen molar-refractivity contribution in [3.63, 3.8) is 0 Å². The van der Waals surface area contributed by atoms with Crippen molar-refractivity contribution in [2.75, 3.05) is 0 Å². The number of aliphatic carboxylic acids is 1. The molecule has 0 aliphatic heterocycles. The number of ketones is 1. The first-order valence-corrected chi connectivity index (χ1v) is 4.79. The number of carbonyl (C=O) groups is 3. The van der Waals surface area contributed by atoms with E-state index in [1.165, 1.54) is 6.92 Å². The maximum atomic E-state index is 11.3. The maximum absolute atomic E-state index is 11.3. The van der Waals surface area contributed by atoms with Crippen molar-refractivity contribution in [2.45, 2.75) is 39.2 Å². The Morgan fingerprint density at radius 1 is 1.47 bits per heavy atom. The van der Waals surface area contributed by atoms with Crippen LogP contribution in [0.4, 0.5) is 0 Å². The quantitative estimate of drug-likeness (QED) is 0.386. The molecule has 0 aromatic carbocycles. The van der Waals surface area contributed by atoms with Gasteiger partial charge >= 0.3 is 5.97 Å². The molecule has 1 N–H and O–H groups in total. The van der Waals surface area contributed by atoms with Crippen LogP contribution in [0, 0.1) is 0 Å². The van der Waals surface area contributed by atoms with E-state index < -0.39 is 12.0 Å². The van der Waals surface area contributed by atoms with Crippen LogP contribution in [0.15, 0.2) is 4.99 Å². The van der Waals surface area contributed by atoms with Gasteiger partial charge in [-0.3, -0.25) is 9.79 Å². The summed E-state index contributed by atoms with van der Waals surface area (Å²) in [5.41, 5.74) is 0.194. The lowest BCUT2D eigenvalue weighted by Gasteiger charge is -2.05. The SMILES string of the molecule is CCCC(=N[C@@H](C)C(=O)O)C(=O)CC=O. The smallest absolute Gasteiger partial charge is 0.328 e. The summed E-state index contributed by atoms with van der Waals surface area (Å²) in [6.45, 7) is 3.25. The average Bonchev–Trinajstić information content (AvgIpc) is 2.17. The van der Waals surface area contributed by atoms with Crippen molar-refractivity contribution in [2.24, 2.45) is 4.99 Å². The summed E-state index contributed by atoms with van der Waals surface area (Å²) < 4.78 is 0. The Morgan fingerprint density at radius 2 is 2.07 bits per heavy atom. The summed E-state index contributed by atoms with van der Waals surface area (Å²) in [6, 6.07) is -0.942. The molecular formula is C10H15NO4. The molecule has 0 fully saturated rings. The summed E-state index contributed by atoms with van der Waals surface area (Å²) in [5, 5.41) is 8.62. The lowest BCUT2D eigenvalue weighted by atomic mass is 10.1. The fraction of sp³-hybridized carbons (Fsp3) is 0.600. The zero-order chi connectivity index (χ0) is 11.8. The molecule has 0 saturated carbocycles. The number of rotatable bonds is 7. The molecule has 0 rings (SSSR count). The number of aliphatic imine (C=N–C) groups is 1. The highest BCUT2D eigenvalue weighted by Gasteiger charge is 2.15. The molecule has 0 amide bonds. The van der Waals surface area contributed by atoms with E-state index in [0.29, 0.717) is 19.1 Å². The fourth-order valence-corrected chi connectivity index (χ4v) is 0.995. The highest BCUT2D eigenvalue weighted by molar-refractivity contribution is 6.41. The van der Waals surface area contributed by atoms with Crippen LogP contribution < -0.4 is 0 Å². The summed E-state index contributed by atoms with van der Waals surface area (Å²) in [7, 11) is 0. The molecule has 0 aromatic rings. The molecule has 1 atom stereocenters. The molecule has 0 unspecified atom stereocenters. The summed E-state index contributed by atoms with van der Waals surface area (Å²) in [6.07, 6.45) is 1.37. The number of hydrogen-bond acceptors (Lipinski definition) is 4. The minimum atomic E-state index is -1.08. The van der Waals surface area contributed by atoms with Gasteiger partial charge in [0.15, 0.2) is 5.78 Å². The number of carboxylic acid groups (broad SMARTS) is 1. The molecule has 0 spiro atoms. The highest BCUT2D eigenvalue weighted by atomic mass is 16.4. The molecule has 15 heavy (non-hydrogen) atoms. The molecule has 84 valence electrons. The van der Waals surface area contributed by atoms with Crippen LogP contribution in [0.5, 0.6) is 0 Å². The van der Waals surface area contributed by atoms with Crippen LogP contribution in [-0.4, -0.2) is 34.9 Å². The normalized spacial score (nSPS) is 13.3. The fourth-order valence-electron chi connectivity index (χ4n) is 0.995. The topological polar surface area (TPSA) is 83.8 Å². The van der Waals surface area contributed by atoms with Gasteiger partial charge in [-0.05, 0) is 13.3 Å². The second kappa shape index (κ2) is 6.86. The van der Waals surface area contributed by atoms with Gasteiger partial charge in [-0.1, -0.05) is 13.3 Å². The Hall–Kier alpha value is -1.52. The predicted octanol–water partition coefficient (Wildman–Crippen LogP) is 0.859. The van der Waals surface area contributed by atoms with Gasteiger partial charge in [0.2, 0.25) is 0 Å². The van der Waals surface area contributed by atoms with Crippen LogP contribution in [-0.2, 0) is 14.4 Å². The maximum Gasteiger partial charge on any atom is 0.328 e. The predicted molar refractivity (Wildman–Crippen MR) is 55.1 cm³/mol. The van der Waals surface area contributed by atoms with Gasteiger partial charge in [0, 0.05) is 0 Å². The standard InChI is InChI=1S/C10H15NO4/c1-3-4-8(9(13)5-6-12)11-7(2)10(14)15/h6-7H,3-5H2,1-2H3,(H,14,15)/t7-/m0/s1. The third-order valence-corrected chi connectivity index (χ3v) is 1.78. The van der Waals surface area contributed by atoms with E-state index in [0.717, 1.165) is 0 Å². The van der Waals surface area contributed by atoms with E-state index in [2.05, 4.69) is 4.99 Å². The lowest BCUT2D eigenvalue weighted by molar-refractivity contribution is -0.138. The molecule has 5 heteroatoms. The van der Waals surface area contributed by atoms with Crippen LogP contribution in [0.1, 0.15) is 33.1 Å². The van der Waals surface area contributed by atoms with Gasteiger partial charge in [0.1, 0.15) is 12.3 Å². The van der Waals surface area contributed by atoms with Crippen LogP contribution in [0.2, 0.25) is 0 Å². The van der Waals surface area contributed by atoms with Crippen molar-refractivity contribution in [3.8, 4) is 0 Å². The number of carbonyl (C=O) groups excluding carboxylic acids is 2. The van der Waals surface area contributed by atoms with Crippen LogP contribution >= 0.6 is 0 Å². The first-order chi connectivity index (χ1) is 7.02. The van der Waals surface area contributed by atoms with Crippen LogP contribution in [0.25, 0.3) is 0 Å². The Morgan fingerprint density at radius 3 is 2.47 bits per heavy atom. The van der Waals surface area contributed by atoms with Gasteiger partial charge in [-0.25, -0.2) is 4.79 Å². The van der Waals surface area contributed by atoms with Crippen LogP contribution in [0.3, 0.4) is 0 Å². The number of aldehydes is 1. The molecule has 0 heterocycles. The van der Waals surface area contributed by atoms with Gasteiger partial charge in [0.25, 0.3) is 0 Å². The third kappa shape index (κ3) is 5.05. The molecule has 0 bridgehead atoms. The van der Waals surface area contributed by atoms with E-state index >= 15 is 0 Å². The number of hydrogen-bond donors (Lipinski definition) is 1. The molecule has 0 saturated heterocycles. The number of carboxylic acids is 1. The first-order valence-electron chi connectivity index (χ1n) is 4.79. The van der Waals surface area contributed by atoms with Crippen molar-refractivity contribution in [1.82, 2.24) is 0 Å². The van der Waals surface area contributed by atoms with E-state index in [4.69, 9.17) is 5.11 Å². The molecular weight excluding hydrogens is 198 g/mol. The molecule has 0 aromatic heterocycles. The minimum absolute atomic E-state index is 0.194. The van der Waals surface area contributed by atoms with Gasteiger partial charge < -0.3 is 9.90 Å². The second-order valence-corrected chi connectivity index (χ2v) is 3.13. The zero-order valence-electron chi connectivity index (χ0n) is 8.90. The van der Waals surface area contributed by atoms with Gasteiger partial charge in [-0.2, -0.15) is 0 Å². The Kier molecular flexibility index (Phi) is 6.17. The van der Waals surface area contributed by atoms with E-state index in [9.17, 15) is 14.4 Å². The monoisotopic (exact) mass is 213 g/mol. The molecule has 0 aliphatic rings. The van der Waals surface area contributed by atoms with Crippen molar-refractivity contribution in [3.05, 3.63) is 0 Å². The third-order valence-electron chi connectivity index (χ3n) is 1.78. The molecule has 5 nitrogen and oxygen atoms in total. The highest BCUT2D eigenvalue weighted by Crippen LogP contribution is 2.00. The molecule has 0 aliphatic carbocycles.